The van der Waals surface area contributed by atoms with E-state index in [0.717, 1.165) is 12.2 Å². The first kappa shape index (κ1) is 14.2. The molecule has 2 N–H and O–H groups in total. The summed E-state index contributed by atoms with van der Waals surface area (Å²) in [6, 6.07) is 1.68. The minimum atomic E-state index is -0.582. The van der Waals surface area contributed by atoms with Crippen LogP contribution in [0.15, 0.2) is 18.3 Å². The molecule has 1 aromatic heterocycles. The average molecular weight is 223 g/mol. The predicted octanol–water partition coefficient (Wildman–Crippen LogP) is 1.58. The van der Waals surface area contributed by atoms with E-state index in [1.54, 1.807) is 12.3 Å². The zero-order chi connectivity index (χ0) is 12.4. The maximum atomic E-state index is 10.6. The largest absolute Gasteiger partial charge is 0.288 e. The summed E-state index contributed by atoms with van der Waals surface area (Å²) >= 11 is 0. The first-order chi connectivity index (χ1) is 7.76. The van der Waals surface area contributed by atoms with Gasteiger partial charge in [0.2, 0.25) is 0 Å². The van der Waals surface area contributed by atoms with Gasteiger partial charge in [0, 0.05) is 18.7 Å². The van der Waals surface area contributed by atoms with Gasteiger partial charge in [-0.15, -0.1) is 0 Å². The van der Waals surface area contributed by atoms with Crippen LogP contribution in [0.4, 0.5) is 0 Å². The minimum absolute atomic E-state index is 0.582. The first-order valence-electron chi connectivity index (χ1n) is 5.20. The number of aromatic nitrogens is 2. The Morgan fingerprint density at radius 3 is 2.81 bits per heavy atom. The Balaban J connectivity index is 0.00000106. The number of rotatable bonds is 3. The van der Waals surface area contributed by atoms with Crippen molar-refractivity contribution in [3.63, 3.8) is 0 Å². The van der Waals surface area contributed by atoms with Gasteiger partial charge in [0.1, 0.15) is 5.82 Å². The molecule has 0 spiro atoms. The Labute approximate surface area is 95.2 Å². The van der Waals surface area contributed by atoms with Crippen LogP contribution >= 0.6 is 0 Å². The highest BCUT2D eigenvalue weighted by Gasteiger charge is 1.94. The third-order valence-electron chi connectivity index (χ3n) is 1.56. The second-order valence-electron chi connectivity index (χ2n) is 2.56. The van der Waals surface area contributed by atoms with Crippen LogP contribution < -0.4 is 5.48 Å². The lowest BCUT2D eigenvalue weighted by atomic mass is 10.3. The summed E-state index contributed by atoms with van der Waals surface area (Å²) in [7, 11) is 0. The number of hydrogen-bond acceptors (Lipinski definition) is 4. The van der Waals surface area contributed by atoms with Crippen LogP contribution in [0.2, 0.25) is 0 Å². The molecule has 1 rings (SSSR count). The number of carbonyl (C=O) groups excluding carboxylic acids is 1. The van der Waals surface area contributed by atoms with Gasteiger partial charge in [-0.3, -0.25) is 10.0 Å². The molecule has 0 atom stereocenters. The maximum Gasteiger partial charge on any atom is 0.267 e. The van der Waals surface area contributed by atoms with Crippen molar-refractivity contribution in [2.45, 2.75) is 27.2 Å². The highest BCUT2D eigenvalue weighted by molar-refractivity contribution is 5.90. The molecule has 0 saturated heterocycles. The Morgan fingerprint density at radius 1 is 1.56 bits per heavy atom. The van der Waals surface area contributed by atoms with Gasteiger partial charge in [-0.05, 0) is 12.1 Å². The second-order valence-corrected chi connectivity index (χ2v) is 2.56. The fourth-order valence-electron chi connectivity index (χ4n) is 0.876. The van der Waals surface area contributed by atoms with E-state index in [4.69, 9.17) is 5.21 Å². The smallest absolute Gasteiger partial charge is 0.267 e. The molecule has 0 aliphatic carbocycles. The van der Waals surface area contributed by atoms with Crippen molar-refractivity contribution in [2.24, 2.45) is 0 Å². The van der Waals surface area contributed by atoms with Gasteiger partial charge < -0.3 is 0 Å². The van der Waals surface area contributed by atoms with E-state index in [1.807, 2.05) is 20.8 Å². The van der Waals surface area contributed by atoms with E-state index >= 15 is 0 Å². The second kappa shape index (κ2) is 8.55. The fraction of sp³-hybridized carbons (Fsp3) is 0.364. The van der Waals surface area contributed by atoms with Gasteiger partial charge in [0.05, 0.1) is 5.69 Å². The van der Waals surface area contributed by atoms with Crippen LogP contribution in [0, 0.1) is 0 Å². The minimum Gasteiger partial charge on any atom is -0.288 e. The van der Waals surface area contributed by atoms with E-state index in [0.29, 0.717) is 5.69 Å². The predicted molar refractivity (Wildman–Crippen MR) is 61.7 cm³/mol. The van der Waals surface area contributed by atoms with E-state index in [-0.39, 0.29) is 0 Å². The Bertz CT molecular complexity index is 351. The molecule has 0 radical (unpaired) electrons. The lowest BCUT2D eigenvalue weighted by Gasteiger charge is -1.96. The third kappa shape index (κ3) is 5.21. The summed E-state index contributed by atoms with van der Waals surface area (Å²) in [5.74, 6) is 0.137. The van der Waals surface area contributed by atoms with Gasteiger partial charge in [-0.1, -0.05) is 20.8 Å². The molecular formula is C11H17N3O2. The fourth-order valence-corrected chi connectivity index (χ4v) is 0.876. The molecule has 5 nitrogen and oxygen atoms in total. The van der Waals surface area contributed by atoms with Crippen molar-refractivity contribution < 1.29 is 10.0 Å². The summed E-state index contributed by atoms with van der Waals surface area (Å²) in [6.45, 7) is 5.95. The molecule has 1 amide bonds. The summed E-state index contributed by atoms with van der Waals surface area (Å²) in [5, 5.41) is 8.23. The molecule has 1 heterocycles. The Hall–Kier alpha value is -1.75. The van der Waals surface area contributed by atoms with Crippen LogP contribution in [-0.2, 0) is 11.2 Å². The van der Waals surface area contributed by atoms with Crippen LogP contribution in [-0.4, -0.2) is 21.1 Å². The molecule has 0 saturated carbocycles. The van der Waals surface area contributed by atoms with Crippen molar-refractivity contribution in [1.29, 1.82) is 0 Å². The Kier molecular flexibility index (Phi) is 7.61. The molecule has 0 fully saturated rings. The number of carbonyl (C=O) groups is 1. The number of nitrogens with one attached hydrogen (secondary N) is 1. The molecule has 5 heteroatoms. The molecule has 1 aromatic rings. The summed E-state index contributed by atoms with van der Waals surface area (Å²) in [5.41, 5.74) is 2.13. The zero-order valence-corrected chi connectivity index (χ0v) is 9.77. The van der Waals surface area contributed by atoms with Crippen LogP contribution in [0.25, 0.3) is 6.08 Å². The molecule has 0 unspecified atom stereocenters. The van der Waals surface area contributed by atoms with Gasteiger partial charge in [0.15, 0.2) is 0 Å². The lowest BCUT2D eigenvalue weighted by Crippen LogP contribution is -2.14. The van der Waals surface area contributed by atoms with Gasteiger partial charge >= 0.3 is 0 Å². The van der Waals surface area contributed by atoms with Crippen molar-refractivity contribution >= 4 is 12.0 Å². The van der Waals surface area contributed by atoms with Crippen molar-refractivity contribution in [3.8, 4) is 0 Å². The van der Waals surface area contributed by atoms with Crippen LogP contribution in [0.3, 0.4) is 0 Å². The zero-order valence-electron chi connectivity index (χ0n) is 9.77. The monoisotopic (exact) mass is 223 g/mol. The van der Waals surface area contributed by atoms with Crippen LogP contribution in [0.5, 0.6) is 0 Å². The topological polar surface area (TPSA) is 75.1 Å². The van der Waals surface area contributed by atoms with Gasteiger partial charge in [-0.2, -0.15) is 0 Å². The van der Waals surface area contributed by atoms with Crippen molar-refractivity contribution in [3.05, 3.63) is 29.9 Å². The maximum absolute atomic E-state index is 10.6. The lowest BCUT2D eigenvalue weighted by molar-refractivity contribution is -0.124. The van der Waals surface area contributed by atoms with Crippen molar-refractivity contribution in [1.82, 2.24) is 15.4 Å². The molecule has 88 valence electrons. The number of nitrogens with zero attached hydrogens (tertiary/aromatic N) is 2. The third-order valence-corrected chi connectivity index (χ3v) is 1.56. The quantitative estimate of drug-likeness (QED) is 0.463. The summed E-state index contributed by atoms with van der Waals surface area (Å²) < 4.78 is 0. The van der Waals surface area contributed by atoms with E-state index in [2.05, 4.69) is 9.97 Å². The number of hydrogen-bond donors (Lipinski definition) is 2. The first-order valence-corrected chi connectivity index (χ1v) is 5.20. The number of hydroxylamine groups is 1. The molecule has 0 aliphatic rings. The molecule has 0 aliphatic heterocycles. The van der Waals surface area contributed by atoms with Gasteiger partial charge in [-0.25, -0.2) is 15.4 Å². The molecule has 16 heavy (non-hydrogen) atoms. The van der Waals surface area contributed by atoms with E-state index < -0.39 is 5.91 Å². The van der Waals surface area contributed by atoms with Crippen LogP contribution in [0.1, 0.15) is 32.3 Å². The number of amides is 1. The standard InChI is InChI=1S/C9H11N3O2.C2H6/c1-2-8-10-6-5-7(11-8)3-4-9(13)12-14;1-2/h3-6,14H,2H2,1H3,(H,12,13);1-2H3/b4-3+;. The molecular weight excluding hydrogens is 206 g/mol. The molecule has 0 aromatic carbocycles. The normalized spacial score (nSPS) is 9.50. The molecule has 0 bridgehead atoms. The van der Waals surface area contributed by atoms with E-state index in [9.17, 15) is 4.79 Å². The Morgan fingerprint density at radius 2 is 2.25 bits per heavy atom. The highest BCUT2D eigenvalue weighted by atomic mass is 16.5. The SMILES string of the molecule is CC.CCc1nccc(/C=C/C(=O)NO)n1. The summed E-state index contributed by atoms with van der Waals surface area (Å²) in [4.78, 5) is 18.8. The summed E-state index contributed by atoms with van der Waals surface area (Å²) in [6.07, 6.45) is 5.07. The highest BCUT2D eigenvalue weighted by Crippen LogP contribution is 1.98. The average Bonchev–Trinajstić information content (AvgIpc) is 2.38. The number of aryl methyl sites for hydroxylation is 1. The van der Waals surface area contributed by atoms with E-state index in [1.165, 1.54) is 17.6 Å². The van der Waals surface area contributed by atoms with Crippen molar-refractivity contribution in [2.75, 3.05) is 0 Å². The van der Waals surface area contributed by atoms with Gasteiger partial charge in [0.25, 0.3) is 5.91 Å².